The summed E-state index contributed by atoms with van der Waals surface area (Å²) in [6, 6.07) is 5.17. The summed E-state index contributed by atoms with van der Waals surface area (Å²) in [5.74, 6) is -0.190. The van der Waals surface area contributed by atoms with Gasteiger partial charge in [-0.25, -0.2) is 4.39 Å². The number of benzene rings is 1. The maximum atomic E-state index is 13.2. The SMILES string of the molecule is C/C=C/CNc1ccc(C)cc1F. The molecule has 0 spiro atoms. The molecule has 0 heterocycles. The van der Waals surface area contributed by atoms with E-state index in [2.05, 4.69) is 5.32 Å². The molecule has 0 aromatic heterocycles. The second-order valence-corrected chi connectivity index (χ2v) is 2.93. The average Bonchev–Trinajstić information content (AvgIpc) is 2.09. The smallest absolute Gasteiger partial charge is 0.146 e. The highest BCUT2D eigenvalue weighted by Crippen LogP contribution is 2.14. The minimum absolute atomic E-state index is 0.190. The lowest BCUT2D eigenvalue weighted by atomic mass is 10.2. The lowest BCUT2D eigenvalue weighted by Gasteiger charge is -2.04. The van der Waals surface area contributed by atoms with Crippen LogP contribution in [0.5, 0.6) is 0 Å². The van der Waals surface area contributed by atoms with E-state index in [9.17, 15) is 4.39 Å². The van der Waals surface area contributed by atoms with Gasteiger partial charge in [-0.2, -0.15) is 0 Å². The molecule has 0 saturated heterocycles. The van der Waals surface area contributed by atoms with Crippen molar-refractivity contribution in [3.63, 3.8) is 0 Å². The molecule has 1 aromatic carbocycles. The van der Waals surface area contributed by atoms with Crippen LogP contribution in [0.15, 0.2) is 30.4 Å². The van der Waals surface area contributed by atoms with Crippen LogP contribution in [0.25, 0.3) is 0 Å². The van der Waals surface area contributed by atoms with Crippen LogP contribution in [0, 0.1) is 12.7 Å². The zero-order valence-corrected chi connectivity index (χ0v) is 7.97. The van der Waals surface area contributed by atoms with Crippen LogP contribution in [-0.2, 0) is 0 Å². The lowest BCUT2D eigenvalue weighted by molar-refractivity contribution is 0.629. The summed E-state index contributed by atoms with van der Waals surface area (Å²) >= 11 is 0. The van der Waals surface area contributed by atoms with Gasteiger partial charge in [0.2, 0.25) is 0 Å². The molecular formula is C11H14FN. The van der Waals surface area contributed by atoms with Crippen LogP contribution in [0.1, 0.15) is 12.5 Å². The van der Waals surface area contributed by atoms with Crippen molar-refractivity contribution >= 4 is 5.69 Å². The summed E-state index contributed by atoms with van der Waals surface area (Å²) in [5.41, 5.74) is 1.50. The van der Waals surface area contributed by atoms with E-state index in [4.69, 9.17) is 0 Å². The molecule has 1 rings (SSSR count). The molecule has 0 unspecified atom stereocenters. The molecule has 0 bridgehead atoms. The minimum atomic E-state index is -0.190. The Labute approximate surface area is 78.3 Å². The predicted octanol–water partition coefficient (Wildman–Crippen LogP) is 3.12. The van der Waals surface area contributed by atoms with Crippen LogP contribution in [0.3, 0.4) is 0 Å². The first-order valence-electron chi connectivity index (χ1n) is 4.35. The van der Waals surface area contributed by atoms with Crippen molar-refractivity contribution in [2.75, 3.05) is 11.9 Å². The summed E-state index contributed by atoms with van der Waals surface area (Å²) in [4.78, 5) is 0. The van der Waals surface area contributed by atoms with Crippen molar-refractivity contribution in [2.24, 2.45) is 0 Å². The quantitative estimate of drug-likeness (QED) is 0.703. The van der Waals surface area contributed by atoms with Crippen molar-refractivity contribution in [3.05, 3.63) is 41.7 Å². The summed E-state index contributed by atoms with van der Waals surface area (Å²) in [6.45, 7) is 4.47. The maximum Gasteiger partial charge on any atom is 0.146 e. The molecule has 0 atom stereocenters. The van der Waals surface area contributed by atoms with Gasteiger partial charge in [-0.15, -0.1) is 0 Å². The van der Waals surface area contributed by atoms with E-state index in [1.165, 1.54) is 6.07 Å². The number of anilines is 1. The largest absolute Gasteiger partial charge is 0.379 e. The Morgan fingerprint density at radius 1 is 1.46 bits per heavy atom. The van der Waals surface area contributed by atoms with E-state index in [1.807, 2.05) is 32.1 Å². The first kappa shape index (κ1) is 9.78. The summed E-state index contributed by atoms with van der Waals surface area (Å²) in [6.07, 6.45) is 3.87. The highest BCUT2D eigenvalue weighted by atomic mass is 19.1. The molecule has 1 aromatic rings. The van der Waals surface area contributed by atoms with E-state index in [-0.39, 0.29) is 5.82 Å². The lowest BCUT2D eigenvalue weighted by Crippen LogP contribution is -2.00. The van der Waals surface area contributed by atoms with Crippen LogP contribution in [-0.4, -0.2) is 6.54 Å². The monoisotopic (exact) mass is 179 g/mol. The molecule has 2 heteroatoms. The third-order valence-electron chi connectivity index (χ3n) is 1.77. The Kier molecular flexibility index (Phi) is 3.50. The molecule has 0 aliphatic carbocycles. The molecule has 0 aliphatic rings. The number of aryl methyl sites for hydroxylation is 1. The van der Waals surface area contributed by atoms with Gasteiger partial charge in [0, 0.05) is 6.54 Å². The zero-order valence-electron chi connectivity index (χ0n) is 7.97. The first-order chi connectivity index (χ1) is 6.24. The number of hydrogen-bond donors (Lipinski definition) is 1. The second-order valence-electron chi connectivity index (χ2n) is 2.93. The molecular weight excluding hydrogens is 165 g/mol. The number of nitrogens with one attached hydrogen (secondary N) is 1. The van der Waals surface area contributed by atoms with E-state index in [0.717, 1.165) is 5.56 Å². The first-order valence-corrected chi connectivity index (χ1v) is 4.35. The third kappa shape index (κ3) is 2.90. The molecule has 70 valence electrons. The van der Waals surface area contributed by atoms with E-state index >= 15 is 0 Å². The van der Waals surface area contributed by atoms with Crippen LogP contribution < -0.4 is 5.32 Å². The average molecular weight is 179 g/mol. The minimum Gasteiger partial charge on any atom is -0.379 e. The predicted molar refractivity (Wildman–Crippen MR) is 54.4 cm³/mol. The Hall–Kier alpha value is -1.31. The van der Waals surface area contributed by atoms with Crippen LogP contribution in [0.2, 0.25) is 0 Å². The van der Waals surface area contributed by atoms with Gasteiger partial charge in [-0.05, 0) is 31.5 Å². The Morgan fingerprint density at radius 3 is 2.85 bits per heavy atom. The molecule has 0 fully saturated rings. The topological polar surface area (TPSA) is 12.0 Å². The summed E-state index contributed by atoms with van der Waals surface area (Å²) in [5, 5.41) is 2.98. The fourth-order valence-corrected chi connectivity index (χ4v) is 1.05. The molecule has 0 radical (unpaired) electrons. The van der Waals surface area contributed by atoms with Crippen molar-refractivity contribution in [3.8, 4) is 0 Å². The van der Waals surface area contributed by atoms with Gasteiger partial charge in [0.25, 0.3) is 0 Å². The highest BCUT2D eigenvalue weighted by Gasteiger charge is 1.98. The molecule has 0 saturated carbocycles. The maximum absolute atomic E-state index is 13.2. The zero-order chi connectivity index (χ0) is 9.68. The Bertz CT molecular complexity index is 305. The van der Waals surface area contributed by atoms with Crippen molar-refractivity contribution in [1.82, 2.24) is 0 Å². The molecule has 13 heavy (non-hydrogen) atoms. The fourth-order valence-electron chi connectivity index (χ4n) is 1.05. The number of allylic oxidation sites excluding steroid dienone is 1. The van der Waals surface area contributed by atoms with Gasteiger partial charge in [0.15, 0.2) is 0 Å². The fraction of sp³-hybridized carbons (Fsp3) is 0.273. The van der Waals surface area contributed by atoms with Gasteiger partial charge in [-0.3, -0.25) is 0 Å². The summed E-state index contributed by atoms with van der Waals surface area (Å²) < 4.78 is 13.2. The Morgan fingerprint density at radius 2 is 2.23 bits per heavy atom. The van der Waals surface area contributed by atoms with Gasteiger partial charge < -0.3 is 5.32 Å². The number of hydrogen-bond acceptors (Lipinski definition) is 1. The summed E-state index contributed by atoms with van der Waals surface area (Å²) in [7, 11) is 0. The van der Waals surface area contributed by atoms with Crippen LogP contribution >= 0.6 is 0 Å². The second kappa shape index (κ2) is 4.65. The van der Waals surface area contributed by atoms with Crippen molar-refractivity contribution in [1.29, 1.82) is 0 Å². The number of halogens is 1. The molecule has 1 N–H and O–H groups in total. The van der Waals surface area contributed by atoms with Crippen molar-refractivity contribution in [2.45, 2.75) is 13.8 Å². The standard InChI is InChI=1S/C11H14FN/c1-3-4-7-13-11-6-5-9(2)8-10(11)12/h3-6,8,13H,7H2,1-2H3/b4-3+. The highest BCUT2D eigenvalue weighted by molar-refractivity contribution is 5.46. The number of rotatable bonds is 3. The Balaban J connectivity index is 2.66. The third-order valence-corrected chi connectivity index (χ3v) is 1.77. The van der Waals surface area contributed by atoms with Crippen molar-refractivity contribution < 1.29 is 4.39 Å². The van der Waals surface area contributed by atoms with E-state index in [1.54, 1.807) is 6.07 Å². The van der Waals surface area contributed by atoms with Gasteiger partial charge in [0.1, 0.15) is 5.82 Å². The normalized spacial score (nSPS) is 10.7. The molecule has 0 aliphatic heterocycles. The molecule has 0 amide bonds. The van der Waals surface area contributed by atoms with Gasteiger partial charge in [0.05, 0.1) is 5.69 Å². The van der Waals surface area contributed by atoms with E-state index in [0.29, 0.717) is 12.2 Å². The van der Waals surface area contributed by atoms with Crippen LogP contribution in [0.4, 0.5) is 10.1 Å². The van der Waals surface area contributed by atoms with E-state index < -0.39 is 0 Å². The van der Waals surface area contributed by atoms with Gasteiger partial charge in [-0.1, -0.05) is 18.2 Å². The molecule has 1 nitrogen and oxygen atoms in total. The van der Waals surface area contributed by atoms with Gasteiger partial charge >= 0.3 is 0 Å².